The maximum absolute atomic E-state index is 12.6. The van der Waals surface area contributed by atoms with Gasteiger partial charge in [-0.05, 0) is 44.2 Å². The van der Waals surface area contributed by atoms with Crippen molar-refractivity contribution in [3.05, 3.63) is 35.4 Å². The van der Waals surface area contributed by atoms with Crippen LogP contribution in [0.1, 0.15) is 43.7 Å². The normalized spacial score (nSPS) is 22.2. The molecule has 1 saturated heterocycles. The molecule has 0 bridgehead atoms. The minimum absolute atomic E-state index is 0.285. The minimum Gasteiger partial charge on any atom is -0.454 e. The molecule has 3 rings (SSSR count). The maximum atomic E-state index is 12.6. The molecule has 3 amide bonds. The number of fused-ring (bicyclic) bond motifs is 1. The van der Waals surface area contributed by atoms with Gasteiger partial charge in [-0.2, -0.15) is 0 Å². The van der Waals surface area contributed by atoms with E-state index in [4.69, 9.17) is 4.74 Å². The predicted octanol–water partition coefficient (Wildman–Crippen LogP) is 1.76. The number of carbonyl (C=O) groups excluding carboxylic acids is 4. The molecular formula is C22H28N2O5. The Morgan fingerprint density at radius 2 is 1.76 bits per heavy atom. The smallest absolute Gasteiger partial charge is 0.329 e. The molecule has 156 valence electrons. The van der Waals surface area contributed by atoms with Gasteiger partial charge >= 0.3 is 5.97 Å². The van der Waals surface area contributed by atoms with Crippen LogP contribution in [-0.4, -0.2) is 47.8 Å². The molecule has 1 saturated carbocycles. The molecule has 29 heavy (non-hydrogen) atoms. The third kappa shape index (κ3) is 4.66. The summed E-state index contributed by atoms with van der Waals surface area (Å²) in [5.74, 6) is -2.34. The fourth-order valence-electron chi connectivity index (χ4n) is 4.21. The summed E-state index contributed by atoms with van der Waals surface area (Å²) in [6.45, 7) is 3.49. The van der Waals surface area contributed by atoms with Crippen LogP contribution in [0.4, 0.5) is 0 Å². The lowest BCUT2D eigenvalue weighted by atomic mass is 9.81. The average molecular weight is 400 g/mol. The second kappa shape index (κ2) is 9.20. The lowest BCUT2D eigenvalue weighted by Crippen LogP contribution is -2.45. The quantitative estimate of drug-likeness (QED) is 0.556. The first-order valence-corrected chi connectivity index (χ1v) is 10.2. The lowest BCUT2D eigenvalue weighted by molar-refractivity contribution is -0.159. The molecule has 0 radical (unpaired) electrons. The Balaban J connectivity index is 1.45. The van der Waals surface area contributed by atoms with Crippen LogP contribution in [0.15, 0.2) is 24.3 Å². The van der Waals surface area contributed by atoms with Gasteiger partial charge in [0.25, 0.3) is 5.91 Å². The Morgan fingerprint density at radius 1 is 1.14 bits per heavy atom. The lowest BCUT2D eigenvalue weighted by Gasteiger charge is -2.21. The molecule has 2 fully saturated rings. The average Bonchev–Trinajstić information content (AvgIpc) is 2.97. The number of nitrogens with zero attached hydrogens (tertiary/aromatic N) is 1. The van der Waals surface area contributed by atoms with Crippen LogP contribution < -0.4 is 5.32 Å². The van der Waals surface area contributed by atoms with Crippen LogP contribution in [-0.2, 0) is 30.3 Å². The number of rotatable bonds is 7. The fourth-order valence-corrected chi connectivity index (χ4v) is 4.21. The molecule has 1 aliphatic carbocycles. The standard InChI is InChI=1S/C22H28N2O5/c1-14-7-3-4-8-16(14)11-12-23-19(25)13-29-22(28)15(2)24-20(26)17-9-5-6-10-18(17)21(24)27/h3-4,7-8,15,17-18H,5-6,9-13H2,1-2H3,(H,23,25)/t15-,17-,18-/m0/s1. The topological polar surface area (TPSA) is 92.8 Å². The summed E-state index contributed by atoms with van der Waals surface area (Å²) in [6, 6.07) is 6.91. The third-order valence-electron chi connectivity index (χ3n) is 5.93. The number of nitrogens with one attached hydrogen (secondary N) is 1. The van der Waals surface area contributed by atoms with E-state index in [2.05, 4.69) is 5.32 Å². The highest BCUT2D eigenvalue weighted by Crippen LogP contribution is 2.38. The maximum Gasteiger partial charge on any atom is 0.329 e. The summed E-state index contributed by atoms with van der Waals surface area (Å²) in [6.07, 6.45) is 3.92. The molecule has 1 aliphatic heterocycles. The molecule has 0 aromatic heterocycles. The number of carbonyl (C=O) groups is 4. The van der Waals surface area contributed by atoms with E-state index in [0.717, 1.165) is 28.9 Å². The van der Waals surface area contributed by atoms with E-state index in [1.54, 1.807) is 0 Å². The molecule has 3 atom stereocenters. The molecule has 0 spiro atoms. The number of benzene rings is 1. The molecule has 0 unspecified atom stereocenters. The van der Waals surface area contributed by atoms with Crippen LogP contribution >= 0.6 is 0 Å². The molecule has 1 heterocycles. The Bertz CT molecular complexity index is 782. The van der Waals surface area contributed by atoms with Crippen molar-refractivity contribution in [2.75, 3.05) is 13.2 Å². The van der Waals surface area contributed by atoms with Gasteiger partial charge in [-0.3, -0.25) is 19.3 Å². The van der Waals surface area contributed by atoms with Crippen LogP contribution in [0.2, 0.25) is 0 Å². The summed E-state index contributed by atoms with van der Waals surface area (Å²) in [5.41, 5.74) is 2.30. The van der Waals surface area contributed by atoms with Crippen molar-refractivity contribution in [2.45, 2.75) is 52.0 Å². The van der Waals surface area contributed by atoms with Gasteiger partial charge in [0.1, 0.15) is 6.04 Å². The Labute approximate surface area is 170 Å². The van der Waals surface area contributed by atoms with Gasteiger partial charge in [-0.1, -0.05) is 37.1 Å². The van der Waals surface area contributed by atoms with E-state index in [1.807, 2.05) is 31.2 Å². The van der Waals surface area contributed by atoms with E-state index < -0.39 is 24.5 Å². The van der Waals surface area contributed by atoms with Crippen LogP contribution in [0.5, 0.6) is 0 Å². The van der Waals surface area contributed by atoms with Crippen molar-refractivity contribution in [3.63, 3.8) is 0 Å². The molecule has 7 nitrogen and oxygen atoms in total. The van der Waals surface area contributed by atoms with Gasteiger partial charge in [-0.15, -0.1) is 0 Å². The zero-order valence-electron chi connectivity index (χ0n) is 17.0. The second-order valence-corrected chi connectivity index (χ2v) is 7.85. The number of hydrogen-bond donors (Lipinski definition) is 1. The number of ether oxygens (including phenoxy) is 1. The number of aryl methyl sites for hydroxylation is 1. The summed E-state index contributed by atoms with van der Waals surface area (Å²) in [4.78, 5) is 50.4. The Kier molecular flexibility index (Phi) is 6.67. The zero-order valence-corrected chi connectivity index (χ0v) is 17.0. The first-order chi connectivity index (χ1) is 13.9. The fraction of sp³-hybridized carbons (Fsp3) is 0.545. The summed E-state index contributed by atoms with van der Waals surface area (Å²) < 4.78 is 5.06. The Hall–Kier alpha value is -2.70. The van der Waals surface area contributed by atoms with Gasteiger partial charge < -0.3 is 10.1 Å². The van der Waals surface area contributed by atoms with Crippen molar-refractivity contribution in [3.8, 4) is 0 Å². The van der Waals surface area contributed by atoms with E-state index in [1.165, 1.54) is 6.92 Å². The SMILES string of the molecule is Cc1ccccc1CCNC(=O)COC(=O)[C@H](C)N1C(=O)[C@H]2CCCC[C@@H]2C1=O. The van der Waals surface area contributed by atoms with Crippen LogP contribution in [0.25, 0.3) is 0 Å². The number of hydrogen-bond acceptors (Lipinski definition) is 5. The van der Waals surface area contributed by atoms with E-state index in [-0.39, 0.29) is 23.7 Å². The van der Waals surface area contributed by atoms with Crippen molar-refractivity contribution in [1.82, 2.24) is 10.2 Å². The first kappa shape index (κ1) is 21.0. The highest BCUT2D eigenvalue weighted by Gasteiger charge is 2.51. The van der Waals surface area contributed by atoms with Gasteiger partial charge in [-0.25, -0.2) is 4.79 Å². The summed E-state index contributed by atoms with van der Waals surface area (Å²) in [5, 5.41) is 2.72. The second-order valence-electron chi connectivity index (χ2n) is 7.85. The predicted molar refractivity (Wildman–Crippen MR) is 106 cm³/mol. The third-order valence-corrected chi connectivity index (χ3v) is 5.93. The van der Waals surface area contributed by atoms with Gasteiger partial charge in [0.2, 0.25) is 11.8 Å². The zero-order chi connectivity index (χ0) is 21.0. The van der Waals surface area contributed by atoms with Gasteiger partial charge in [0.05, 0.1) is 11.8 Å². The van der Waals surface area contributed by atoms with Crippen molar-refractivity contribution in [1.29, 1.82) is 0 Å². The molecular weight excluding hydrogens is 372 g/mol. The van der Waals surface area contributed by atoms with Crippen LogP contribution in [0, 0.1) is 18.8 Å². The number of esters is 1. The van der Waals surface area contributed by atoms with E-state index >= 15 is 0 Å². The van der Waals surface area contributed by atoms with E-state index in [0.29, 0.717) is 25.8 Å². The Morgan fingerprint density at radius 3 is 2.38 bits per heavy atom. The highest BCUT2D eigenvalue weighted by molar-refractivity contribution is 6.07. The number of likely N-dealkylation sites (tertiary alicyclic amines) is 1. The molecule has 7 heteroatoms. The van der Waals surface area contributed by atoms with Gasteiger partial charge in [0.15, 0.2) is 6.61 Å². The summed E-state index contributed by atoms with van der Waals surface area (Å²) >= 11 is 0. The number of amides is 3. The molecule has 1 aromatic carbocycles. The summed E-state index contributed by atoms with van der Waals surface area (Å²) in [7, 11) is 0. The van der Waals surface area contributed by atoms with Crippen molar-refractivity contribution in [2.24, 2.45) is 11.8 Å². The molecule has 1 N–H and O–H groups in total. The van der Waals surface area contributed by atoms with E-state index in [9.17, 15) is 19.2 Å². The molecule has 2 aliphatic rings. The number of imide groups is 1. The molecule has 1 aromatic rings. The highest BCUT2D eigenvalue weighted by atomic mass is 16.5. The largest absolute Gasteiger partial charge is 0.454 e. The van der Waals surface area contributed by atoms with Gasteiger partial charge in [0, 0.05) is 6.54 Å². The monoisotopic (exact) mass is 400 g/mol. The first-order valence-electron chi connectivity index (χ1n) is 10.2. The minimum atomic E-state index is -1.01. The van der Waals surface area contributed by atoms with Crippen molar-refractivity contribution >= 4 is 23.7 Å². The van der Waals surface area contributed by atoms with Crippen LogP contribution in [0.3, 0.4) is 0 Å². The van der Waals surface area contributed by atoms with Crippen molar-refractivity contribution < 1.29 is 23.9 Å².